The molecule has 8 heteroatoms. The molecule has 0 aliphatic carbocycles. The summed E-state index contributed by atoms with van der Waals surface area (Å²) >= 11 is 0. The molecule has 0 saturated carbocycles. The molecule has 8 nitrogen and oxygen atoms in total. The minimum Gasteiger partial charge on any atom is -0.462 e. The smallest absolute Gasteiger partial charge is 0.340 e. The van der Waals surface area contributed by atoms with Gasteiger partial charge in [0.25, 0.3) is 11.6 Å². The topological polar surface area (TPSA) is 99.0 Å². The first-order valence-electron chi connectivity index (χ1n) is 9.89. The van der Waals surface area contributed by atoms with Crippen LogP contribution in [0.4, 0.5) is 11.4 Å². The third-order valence-corrected chi connectivity index (χ3v) is 4.13. The number of nitrogens with zero attached hydrogens (tertiary/aromatic N) is 2. The highest BCUT2D eigenvalue weighted by molar-refractivity contribution is 6.03. The molecule has 1 amide bonds. The van der Waals surface area contributed by atoms with Crippen LogP contribution in [0.5, 0.6) is 0 Å². The predicted molar refractivity (Wildman–Crippen MR) is 116 cm³/mol. The SMILES string of the molecule is C=CCCCCOCC(=O)N(CC=C(C)C)c1cc([N+](=O)[O-])ccc1C(=O)OCC. The van der Waals surface area contributed by atoms with Gasteiger partial charge in [0.2, 0.25) is 0 Å². The van der Waals surface area contributed by atoms with Crippen LogP contribution >= 0.6 is 0 Å². The lowest BCUT2D eigenvalue weighted by atomic mass is 10.1. The van der Waals surface area contributed by atoms with E-state index in [0.29, 0.717) is 6.61 Å². The number of unbranched alkanes of at least 4 members (excludes halogenated alkanes) is 2. The van der Waals surface area contributed by atoms with Crippen molar-refractivity contribution in [1.29, 1.82) is 0 Å². The van der Waals surface area contributed by atoms with Gasteiger partial charge >= 0.3 is 5.97 Å². The van der Waals surface area contributed by atoms with Crippen LogP contribution < -0.4 is 4.90 Å². The third-order valence-electron chi connectivity index (χ3n) is 4.13. The van der Waals surface area contributed by atoms with Crippen molar-refractivity contribution in [2.45, 2.75) is 40.0 Å². The van der Waals surface area contributed by atoms with Crippen LogP contribution in [0.3, 0.4) is 0 Å². The number of esters is 1. The average Bonchev–Trinajstić information content (AvgIpc) is 2.70. The molecule has 0 saturated heterocycles. The Bertz CT molecular complexity index is 784. The maximum atomic E-state index is 12.9. The Morgan fingerprint density at radius 3 is 2.60 bits per heavy atom. The number of nitro groups is 1. The molecular weight excluding hydrogens is 388 g/mol. The molecule has 164 valence electrons. The maximum Gasteiger partial charge on any atom is 0.340 e. The number of hydrogen-bond donors (Lipinski definition) is 0. The van der Waals surface area contributed by atoms with Crippen LogP contribution in [0.1, 0.15) is 50.4 Å². The fraction of sp³-hybridized carbons (Fsp3) is 0.455. The molecule has 0 aliphatic rings. The summed E-state index contributed by atoms with van der Waals surface area (Å²) in [6, 6.07) is 3.74. The zero-order valence-corrected chi connectivity index (χ0v) is 17.9. The molecule has 1 rings (SSSR count). The molecule has 0 bridgehead atoms. The number of amides is 1. The van der Waals surface area contributed by atoms with Crippen molar-refractivity contribution in [2.75, 3.05) is 31.3 Å². The highest BCUT2D eigenvalue weighted by Crippen LogP contribution is 2.27. The van der Waals surface area contributed by atoms with Crippen molar-refractivity contribution in [3.63, 3.8) is 0 Å². The summed E-state index contributed by atoms with van der Waals surface area (Å²) < 4.78 is 10.5. The zero-order chi connectivity index (χ0) is 22.5. The molecule has 0 heterocycles. The van der Waals surface area contributed by atoms with E-state index in [-0.39, 0.29) is 36.7 Å². The van der Waals surface area contributed by atoms with Crippen molar-refractivity contribution < 1.29 is 24.0 Å². The predicted octanol–water partition coefficient (Wildman–Crippen LogP) is 4.44. The van der Waals surface area contributed by atoms with E-state index in [0.717, 1.165) is 24.8 Å². The number of hydrogen-bond acceptors (Lipinski definition) is 6. The second-order valence-electron chi connectivity index (χ2n) is 6.80. The standard InChI is InChI=1S/C22H30N2O6/c1-5-7-8-9-14-29-16-21(25)23(13-12-17(3)4)20-15-18(24(27)28)10-11-19(20)22(26)30-6-2/h5,10-12,15H,1,6-9,13-14,16H2,2-4H3. The number of carbonyl (C=O) groups excluding carboxylic acids is 2. The molecular formula is C22H30N2O6. The number of non-ortho nitro benzene ring substituents is 1. The summed E-state index contributed by atoms with van der Waals surface area (Å²) in [5.74, 6) is -1.05. The first kappa shape index (κ1) is 25.0. The Morgan fingerprint density at radius 2 is 2.00 bits per heavy atom. The largest absolute Gasteiger partial charge is 0.462 e. The lowest BCUT2D eigenvalue weighted by Crippen LogP contribution is -2.35. The maximum absolute atomic E-state index is 12.9. The molecule has 0 aromatic heterocycles. The first-order chi connectivity index (χ1) is 14.3. The van der Waals surface area contributed by atoms with Gasteiger partial charge in [-0.1, -0.05) is 17.7 Å². The van der Waals surface area contributed by atoms with Crippen molar-refractivity contribution in [3.8, 4) is 0 Å². The van der Waals surface area contributed by atoms with Crippen molar-refractivity contribution >= 4 is 23.3 Å². The Labute approximate surface area is 177 Å². The van der Waals surface area contributed by atoms with Crippen LogP contribution in [-0.4, -0.2) is 43.2 Å². The van der Waals surface area contributed by atoms with Crippen LogP contribution in [-0.2, 0) is 14.3 Å². The van der Waals surface area contributed by atoms with Gasteiger partial charge in [0, 0.05) is 25.3 Å². The van der Waals surface area contributed by atoms with Gasteiger partial charge in [-0.05, 0) is 46.1 Å². The van der Waals surface area contributed by atoms with Crippen LogP contribution in [0.15, 0.2) is 42.5 Å². The third kappa shape index (κ3) is 8.16. The Kier molecular flexibility index (Phi) is 11.1. The molecule has 0 radical (unpaired) electrons. The monoisotopic (exact) mass is 418 g/mol. The van der Waals surface area contributed by atoms with E-state index in [2.05, 4.69) is 6.58 Å². The number of allylic oxidation sites excluding steroid dienone is 2. The normalized spacial score (nSPS) is 10.2. The lowest BCUT2D eigenvalue weighted by Gasteiger charge is -2.23. The number of rotatable bonds is 13. The summed E-state index contributed by atoms with van der Waals surface area (Å²) in [7, 11) is 0. The summed E-state index contributed by atoms with van der Waals surface area (Å²) in [6.45, 7) is 9.57. The molecule has 0 atom stereocenters. The molecule has 0 fully saturated rings. The van der Waals surface area contributed by atoms with Crippen molar-refractivity contribution in [2.24, 2.45) is 0 Å². The molecule has 30 heavy (non-hydrogen) atoms. The average molecular weight is 418 g/mol. The summed E-state index contributed by atoms with van der Waals surface area (Å²) in [4.78, 5) is 37.3. The number of carbonyl (C=O) groups is 2. The van der Waals surface area contributed by atoms with E-state index in [1.165, 1.54) is 23.1 Å². The van der Waals surface area contributed by atoms with Crippen molar-refractivity contribution in [1.82, 2.24) is 0 Å². The second kappa shape index (κ2) is 13.3. The lowest BCUT2D eigenvalue weighted by molar-refractivity contribution is -0.384. The van der Waals surface area contributed by atoms with Crippen molar-refractivity contribution in [3.05, 3.63) is 58.2 Å². The fourth-order valence-electron chi connectivity index (χ4n) is 2.58. The second-order valence-corrected chi connectivity index (χ2v) is 6.80. The van der Waals surface area contributed by atoms with Gasteiger partial charge in [-0.3, -0.25) is 14.9 Å². The fourth-order valence-corrected chi connectivity index (χ4v) is 2.58. The van der Waals surface area contributed by atoms with E-state index in [4.69, 9.17) is 9.47 Å². The molecule has 0 spiro atoms. The summed E-state index contributed by atoms with van der Waals surface area (Å²) in [5, 5.41) is 11.3. The van der Waals surface area contributed by atoms with E-state index < -0.39 is 16.8 Å². The van der Waals surface area contributed by atoms with Crippen LogP contribution in [0.25, 0.3) is 0 Å². The molecule has 0 aliphatic heterocycles. The van der Waals surface area contributed by atoms with Gasteiger partial charge in [-0.25, -0.2) is 4.79 Å². The van der Waals surface area contributed by atoms with Gasteiger partial charge in [0.1, 0.15) is 6.61 Å². The molecule has 1 aromatic rings. The highest BCUT2D eigenvalue weighted by atomic mass is 16.6. The molecule has 1 aromatic carbocycles. The quantitative estimate of drug-likeness (QED) is 0.154. The Balaban J connectivity index is 3.18. The van der Waals surface area contributed by atoms with E-state index in [9.17, 15) is 19.7 Å². The summed E-state index contributed by atoms with van der Waals surface area (Å²) in [5.41, 5.74) is 0.948. The van der Waals surface area contributed by atoms with E-state index in [1.807, 2.05) is 19.9 Å². The van der Waals surface area contributed by atoms with Gasteiger partial charge < -0.3 is 14.4 Å². The highest BCUT2D eigenvalue weighted by Gasteiger charge is 2.25. The first-order valence-corrected chi connectivity index (χ1v) is 9.89. The number of benzene rings is 1. The minimum atomic E-state index is -0.650. The van der Waals surface area contributed by atoms with E-state index >= 15 is 0 Å². The van der Waals surface area contributed by atoms with Crippen LogP contribution in [0, 0.1) is 10.1 Å². The van der Waals surface area contributed by atoms with Gasteiger partial charge in [-0.2, -0.15) is 0 Å². The van der Waals surface area contributed by atoms with Crippen LogP contribution in [0.2, 0.25) is 0 Å². The van der Waals surface area contributed by atoms with Gasteiger partial charge in [0.15, 0.2) is 0 Å². The number of anilines is 1. The number of nitro benzene ring substituents is 1. The molecule has 0 unspecified atom stereocenters. The Hall–Kier alpha value is -3.00. The molecule has 0 N–H and O–H groups in total. The Morgan fingerprint density at radius 1 is 1.27 bits per heavy atom. The summed E-state index contributed by atoms with van der Waals surface area (Å²) in [6.07, 6.45) is 6.21. The zero-order valence-electron chi connectivity index (χ0n) is 17.9. The van der Waals surface area contributed by atoms with Gasteiger partial charge in [0.05, 0.1) is 22.8 Å². The van der Waals surface area contributed by atoms with Gasteiger partial charge in [-0.15, -0.1) is 6.58 Å². The number of ether oxygens (including phenoxy) is 2. The minimum absolute atomic E-state index is 0.0870. The van der Waals surface area contributed by atoms with E-state index in [1.54, 1.807) is 13.0 Å².